The summed E-state index contributed by atoms with van der Waals surface area (Å²) < 4.78 is 0. The predicted molar refractivity (Wildman–Crippen MR) is 99.8 cm³/mol. The molecule has 3 nitrogen and oxygen atoms in total. The first kappa shape index (κ1) is 16.7. The number of carbonyl (C=O) groups excluding carboxylic acids is 1. The van der Waals surface area contributed by atoms with E-state index < -0.39 is 0 Å². The van der Waals surface area contributed by atoms with E-state index in [1.54, 1.807) is 0 Å². The van der Waals surface area contributed by atoms with Gasteiger partial charge in [0, 0.05) is 37.4 Å². The highest BCUT2D eigenvalue weighted by atomic mass is 16.1. The summed E-state index contributed by atoms with van der Waals surface area (Å²) in [5.74, 6) is 0.209. The van der Waals surface area contributed by atoms with Gasteiger partial charge < -0.3 is 4.90 Å². The molecule has 2 aromatic rings. The largest absolute Gasteiger partial charge is 0.372 e. The van der Waals surface area contributed by atoms with Crippen molar-refractivity contribution >= 4 is 11.5 Å². The highest BCUT2D eigenvalue weighted by molar-refractivity contribution is 5.97. The zero-order valence-corrected chi connectivity index (χ0v) is 14.7. The molecular formula is C21H26N2O. The Morgan fingerprint density at radius 2 is 1.67 bits per heavy atom. The van der Waals surface area contributed by atoms with Crippen LogP contribution in [0.4, 0.5) is 5.69 Å². The van der Waals surface area contributed by atoms with Crippen LogP contribution in [0.5, 0.6) is 0 Å². The number of benzene rings is 2. The molecule has 1 aliphatic rings. The summed E-state index contributed by atoms with van der Waals surface area (Å²) in [5, 5.41) is 0. The summed E-state index contributed by atoms with van der Waals surface area (Å²) in [6.45, 7) is 8.60. The molecule has 0 saturated carbocycles. The van der Waals surface area contributed by atoms with Crippen molar-refractivity contribution < 1.29 is 4.79 Å². The van der Waals surface area contributed by atoms with E-state index in [1.165, 1.54) is 16.8 Å². The van der Waals surface area contributed by atoms with E-state index in [1.807, 2.05) is 12.1 Å². The van der Waals surface area contributed by atoms with E-state index in [2.05, 4.69) is 60.0 Å². The van der Waals surface area contributed by atoms with Gasteiger partial charge in [0.15, 0.2) is 5.78 Å². The minimum Gasteiger partial charge on any atom is -0.372 e. The average molecular weight is 322 g/mol. The fraction of sp³-hybridized carbons (Fsp3) is 0.381. The van der Waals surface area contributed by atoms with Crippen molar-refractivity contribution in [1.29, 1.82) is 0 Å². The van der Waals surface area contributed by atoms with E-state index >= 15 is 0 Å². The molecule has 0 unspecified atom stereocenters. The highest BCUT2D eigenvalue weighted by Gasteiger charge is 2.18. The Balaban J connectivity index is 1.63. The number of nitrogens with zero attached hydrogens (tertiary/aromatic N) is 2. The van der Waals surface area contributed by atoms with Gasteiger partial charge in [-0.25, -0.2) is 0 Å². The van der Waals surface area contributed by atoms with Crippen LogP contribution in [0.1, 0.15) is 35.3 Å². The van der Waals surface area contributed by atoms with Crippen LogP contribution < -0.4 is 4.90 Å². The van der Waals surface area contributed by atoms with Gasteiger partial charge in [0.05, 0.1) is 6.54 Å². The van der Waals surface area contributed by atoms with Crippen LogP contribution in [0.25, 0.3) is 0 Å². The van der Waals surface area contributed by atoms with Crippen molar-refractivity contribution in [3.63, 3.8) is 0 Å². The monoisotopic (exact) mass is 322 g/mol. The lowest BCUT2D eigenvalue weighted by Gasteiger charge is -2.28. The molecule has 1 heterocycles. The maximum Gasteiger partial charge on any atom is 0.176 e. The van der Waals surface area contributed by atoms with Crippen molar-refractivity contribution in [3.8, 4) is 0 Å². The smallest absolute Gasteiger partial charge is 0.176 e. The molecule has 3 heteroatoms. The van der Waals surface area contributed by atoms with E-state index in [-0.39, 0.29) is 5.78 Å². The minimum absolute atomic E-state index is 0.209. The molecule has 1 aliphatic heterocycles. The normalized spacial score (nSPS) is 14.2. The molecule has 0 saturated heterocycles. The third kappa shape index (κ3) is 3.68. The van der Waals surface area contributed by atoms with Crippen molar-refractivity contribution in [2.45, 2.75) is 26.8 Å². The number of hydrogen-bond acceptors (Lipinski definition) is 3. The summed E-state index contributed by atoms with van der Waals surface area (Å²) in [6.07, 6.45) is 1.03. The Hall–Kier alpha value is -2.13. The molecule has 126 valence electrons. The van der Waals surface area contributed by atoms with Crippen LogP contribution in [0.15, 0.2) is 48.5 Å². The van der Waals surface area contributed by atoms with Crippen molar-refractivity contribution in [1.82, 2.24) is 4.90 Å². The number of ketones is 1. The molecule has 0 atom stereocenters. The predicted octanol–water partition coefficient (Wildman–Crippen LogP) is 3.77. The van der Waals surface area contributed by atoms with Gasteiger partial charge in [0.2, 0.25) is 0 Å². The molecule has 2 aromatic carbocycles. The van der Waals surface area contributed by atoms with Gasteiger partial charge >= 0.3 is 0 Å². The summed E-state index contributed by atoms with van der Waals surface area (Å²) in [5.41, 5.74) is 4.77. The van der Waals surface area contributed by atoms with E-state index in [0.717, 1.165) is 38.2 Å². The first-order chi connectivity index (χ1) is 11.7. The van der Waals surface area contributed by atoms with Crippen molar-refractivity contribution in [3.05, 3.63) is 65.2 Å². The van der Waals surface area contributed by atoms with E-state index in [0.29, 0.717) is 6.54 Å². The molecule has 0 aromatic heterocycles. The first-order valence-electron chi connectivity index (χ1n) is 8.88. The number of rotatable bonds is 6. The zero-order chi connectivity index (χ0) is 16.9. The van der Waals surface area contributed by atoms with Crippen LogP contribution in [-0.4, -0.2) is 36.9 Å². The zero-order valence-electron chi connectivity index (χ0n) is 14.7. The van der Waals surface area contributed by atoms with Crippen molar-refractivity contribution in [2.75, 3.05) is 31.1 Å². The Kier molecular flexibility index (Phi) is 5.31. The van der Waals surface area contributed by atoms with Gasteiger partial charge in [-0.3, -0.25) is 9.69 Å². The summed E-state index contributed by atoms with van der Waals surface area (Å²) in [7, 11) is 0. The molecule has 0 N–H and O–H groups in total. The second-order valence-corrected chi connectivity index (χ2v) is 6.37. The maximum atomic E-state index is 12.6. The molecule has 0 radical (unpaired) electrons. The fourth-order valence-corrected chi connectivity index (χ4v) is 3.43. The second kappa shape index (κ2) is 7.63. The third-order valence-electron chi connectivity index (χ3n) is 4.89. The lowest BCUT2D eigenvalue weighted by molar-refractivity contribution is 0.0921. The quantitative estimate of drug-likeness (QED) is 0.756. The van der Waals surface area contributed by atoms with Gasteiger partial charge in [-0.1, -0.05) is 24.3 Å². The highest BCUT2D eigenvalue weighted by Crippen LogP contribution is 2.19. The topological polar surface area (TPSA) is 23.6 Å². The van der Waals surface area contributed by atoms with E-state index in [9.17, 15) is 4.79 Å². The Bertz CT molecular complexity index is 689. The van der Waals surface area contributed by atoms with Crippen LogP contribution in [0, 0.1) is 0 Å². The standard InChI is InChI=1S/C21H26N2O/c1-3-23(4-2)20-11-9-18(10-12-20)21(24)16-22-14-13-17-7-5-6-8-19(17)15-22/h5-12H,3-4,13-16H2,1-2H3. The number of hydrogen-bond donors (Lipinski definition) is 0. The molecule has 0 aliphatic carbocycles. The molecule has 3 rings (SSSR count). The summed E-state index contributed by atoms with van der Waals surface area (Å²) in [6, 6.07) is 16.6. The second-order valence-electron chi connectivity index (χ2n) is 6.37. The SMILES string of the molecule is CCN(CC)c1ccc(C(=O)CN2CCc3ccccc3C2)cc1. The first-order valence-corrected chi connectivity index (χ1v) is 8.88. The molecular weight excluding hydrogens is 296 g/mol. The van der Waals surface area contributed by atoms with Gasteiger partial charge in [-0.05, 0) is 55.7 Å². The molecule has 0 fully saturated rings. The van der Waals surface area contributed by atoms with Crippen LogP contribution in [0.3, 0.4) is 0 Å². The van der Waals surface area contributed by atoms with Gasteiger partial charge in [-0.15, -0.1) is 0 Å². The molecule has 0 amide bonds. The third-order valence-corrected chi connectivity index (χ3v) is 4.89. The van der Waals surface area contributed by atoms with Gasteiger partial charge in [0.1, 0.15) is 0 Å². The Labute approximate surface area is 144 Å². The van der Waals surface area contributed by atoms with Crippen LogP contribution in [-0.2, 0) is 13.0 Å². The molecule has 0 bridgehead atoms. The van der Waals surface area contributed by atoms with Gasteiger partial charge in [0.25, 0.3) is 0 Å². The number of carbonyl (C=O) groups is 1. The number of anilines is 1. The van der Waals surface area contributed by atoms with E-state index in [4.69, 9.17) is 0 Å². The minimum atomic E-state index is 0.209. The lowest BCUT2D eigenvalue weighted by Crippen LogP contribution is -2.34. The molecule has 0 spiro atoms. The lowest BCUT2D eigenvalue weighted by atomic mass is 9.99. The van der Waals surface area contributed by atoms with Crippen molar-refractivity contribution in [2.24, 2.45) is 0 Å². The number of fused-ring (bicyclic) bond motifs is 1. The fourth-order valence-electron chi connectivity index (χ4n) is 3.43. The summed E-state index contributed by atoms with van der Waals surface area (Å²) >= 11 is 0. The van der Waals surface area contributed by atoms with Crippen LogP contribution in [0.2, 0.25) is 0 Å². The summed E-state index contributed by atoms with van der Waals surface area (Å²) in [4.78, 5) is 17.1. The van der Waals surface area contributed by atoms with Gasteiger partial charge in [-0.2, -0.15) is 0 Å². The average Bonchev–Trinajstić information content (AvgIpc) is 2.63. The molecule has 24 heavy (non-hydrogen) atoms. The number of Topliss-reactive ketones (excluding diaryl/α,β-unsaturated/α-hetero) is 1. The van der Waals surface area contributed by atoms with Crippen LogP contribution >= 0.6 is 0 Å². The Morgan fingerprint density at radius 3 is 2.33 bits per heavy atom. The Morgan fingerprint density at radius 1 is 1.00 bits per heavy atom. The maximum absolute atomic E-state index is 12.6.